The fourth-order valence-electron chi connectivity index (χ4n) is 2.64. The molecule has 2 heterocycles. The van der Waals surface area contributed by atoms with Crippen molar-refractivity contribution in [1.82, 2.24) is 4.98 Å². The number of pyridine rings is 1. The van der Waals surface area contributed by atoms with E-state index in [9.17, 15) is 5.11 Å². The number of aliphatic hydroxyl groups is 1. The molecule has 3 nitrogen and oxygen atoms in total. The van der Waals surface area contributed by atoms with E-state index in [-0.39, 0.29) is 12.1 Å². The van der Waals surface area contributed by atoms with Crippen molar-refractivity contribution < 1.29 is 5.11 Å². The lowest BCUT2D eigenvalue weighted by Crippen LogP contribution is -2.30. The summed E-state index contributed by atoms with van der Waals surface area (Å²) >= 11 is 7.64. The normalized spacial score (nSPS) is 21.0. The SMILES string of the molecule is O[C@H]1CCC[C@H](Nc2cc(Cl)ncc2C#Cc2ccsc2)C1. The first-order valence-electron chi connectivity index (χ1n) is 7.35. The summed E-state index contributed by atoms with van der Waals surface area (Å²) in [6, 6.07) is 4.05. The molecule has 0 aliphatic heterocycles. The molecular weight excluding hydrogens is 316 g/mol. The van der Waals surface area contributed by atoms with Crippen LogP contribution in [0.5, 0.6) is 0 Å². The molecule has 22 heavy (non-hydrogen) atoms. The zero-order valence-corrected chi connectivity index (χ0v) is 13.6. The number of aromatic nitrogens is 1. The van der Waals surface area contributed by atoms with Crippen LogP contribution in [0.4, 0.5) is 5.69 Å². The second kappa shape index (κ2) is 7.15. The van der Waals surface area contributed by atoms with Gasteiger partial charge in [-0.25, -0.2) is 4.98 Å². The Labute approximate surface area is 139 Å². The number of halogens is 1. The summed E-state index contributed by atoms with van der Waals surface area (Å²) < 4.78 is 0. The van der Waals surface area contributed by atoms with Gasteiger partial charge in [-0.05, 0) is 43.2 Å². The first-order chi connectivity index (χ1) is 10.7. The quantitative estimate of drug-likeness (QED) is 0.647. The van der Waals surface area contributed by atoms with E-state index in [2.05, 4.69) is 22.1 Å². The third-order valence-electron chi connectivity index (χ3n) is 3.74. The smallest absolute Gasteiger partial charge is 0.131 e. The topological polar surface area (TPSA) is 45.1 Å². The monoisotopic (exact) mass is 332 g/mol. The van der Waals surface area contributed by atoms with Crippen molar-refractivity contribution in [2.24, 2.45) is 0 Å². The number of hydrogen-bond acceptors (Lipinski definition) is 4. The lowest BCUT2D eigenvalue weighted by Gasteiger charge is -2.27. The molecule has 1 fully saturated rings. The van der Waals surface area contributed by atoms with Crippen LogP contribution in [0.15, 0.2) is 29.1 Å². The Bertz CT molecular complexity index is 690. The molecule has 2 aromatic heterocycles. The highest BCUT2D eigenvalue weighted by Gasteiger charge is 2.20. The van der Waals surface area contributed by atoms with E-state index in [4.69, 9.17) is 11.6 Å². The minimum atomic E-state index is -0.219. The van der Waals surface area contributed by atoms with E-state index in [0.29, 0.717) is 5.15 Å². The van der Waals surface area contributed by atoms with E-state index < -0.39 is 0 Å². The van der Waals surface area contributed by atoms with E-state index in [1.807, 2.05) is 16.8 Å². The summed E-state index contributed by atoms with van der Waals surface area (Å²) in [7, 11) is 0. The van der Waals surface area contributed by atoms with Crippen LogP contribution in [0.1, 0.15) is 36.8 Å². The maximum Gasteiger partial charge on any atom is 0.131 e. The fraction of sp³-hybridized carbons (Fsp3) is 0.353. The summed E-state index contributed by atoms with van der Waals surface area (Å²) in [6.45, 7) is 0. The molecule has 0 saturated heterocycles. The van der Waals surface area contributed by atoms with Crippen LogP contribution in [0, 0.1) is 11.8 Å². The molecule has 0 amide bonds. The number of nitrogens with one attached hydrogen (secondary N) is 1. The Morgan fingerprint density at radius 3 is 3.05 bits per heavy atom. The number of anilines is 1. The van der Waals surface area contributed by atoms with Crippen LogP contribution in [0.25, 0.3) is 0 Å². The van der Waals surface area contributed by atoms with Gasteiger partial charge in [-0.15, -0.1) is 0 Å². The van der Waals surface area contributed by atoms with Gasteiger partial charge >= 0.3 is 0 Å². The molecule has 2 aromatic rings. The van der Waals surface area contributed by atoms with Crippen molar-refractivity contribution >= 4 is 28.6 Å². The number of hydrogen-bond donors (Lipinski definition) is 2. The van der Waals surface area contributed by atoms with Gasteiger partial charge in [-0.2, -0.15) is 11.3 Å². The maximum absolute atomic E-state index is 9.80. The second-order valence-corrected chi connectivity index (χ2v) is 6.64. The minimum absolute atomic E-state index is 0.219. The van der Waals surface area contributed by atoms with Gasteiger partial charge in [0.15, 0.2) is 0 Å². The molecular formula is C17H17ClN2OS. The Morgan fingerprint density at radius 2 is 2.27 bits per heavy atom. The van der Waals surface area contributed by atoms with Crippen LogP contribution in [0.3, 0.4) is 0 Å². The second-order valence-electron chi connectivity index (χ2n) is 5.48. The van der Waals surface area contributed by atoms with E-state index in [1.54, 1.807) is 23.6 Å². The predicted octanol–water partition coefficient (Wildman–Crippen LogP) is 3.91. The van der Waals surface area contributed by atoms with Gasteiger partial charge in [0, 0.05) is 23.2 Å². The van der Waals surface area contributed by atoms with Gasteiger partial charge in [-0.3, -0.25) is 0 Å². The van der Waals surface area contributed by atoms with E-state index in [0.717, 1.165) is 42.5 Å². The molecule has 0 spiro atoms. The summed E-state index contributed by atoms with van der Waals surface area (Å²) in [5.74, 6) is 6.29. The van der Waals surface area contributed by atoms with Gasteiger partial charge in [0.25, 0.3) is 0 Å². The van der Waals surface area contributed by atoms with Crippen LogP contribution in [-0.2, 0) is 0 Å². The highest BCUT2D eigenvalue weighted by atomic mass is 35.5. The van der Waals surface area contributed by atoms with Crippen LogP contribution in [0.2, 0.25) is 5.15 Å². The van der Waals surface area contributed by atoms with E-state index in [1.165, 1.54) is 0 Å². The summed E-state index contributed by atoms with van der Waals surface area (Å²) in [5, 5.41) is 17.7. The van der Waals surface area contributed by atoms with Crippen molar-refractivity contribution in [1.29, 1.82) is 0 Å². The number of nitrogens with zero attached hydrogens (tertiary/aromatic N) is 1. The first-order valence-corrected chi connectivity index (χ1v) is 8.67. The number of thiophene rings is 1. The predicted molar refractivity (Wildman–Crippen MR) is 91.4 cm³/mol. The Morgan fingerprint density at radius 1 is 1.36 bits per heavy atom. The molecule has 2 atom stereocenters. The standard InChI is InChI=1S/C17H17ClN2OS/c18-17-9-16(20-14-2-1-3-15(21)8-14)13(10-19-17)5-4-12-6-7-22-11-12/h6-7,9-11,14-15,21H,1-3,8H2,(H,19,20)/t14-,15-/m0/s1. The van der Waals surface area contributed by atoms with Gasteiger partial charge in [-0.1, -0.05) is 23.4 Å². The third-order valence-corrected chi connectivity index (χ3v) is 4.63. The van der Waals surface area contributed by atoms with Crippen molar-refractivity contribution in [3.05, 3.63) is 45.4 Å². The lowest BCUT2D eigenvalue weighted by molar-refractivity contribution is 0.124. The molecule has 0 radical (unpaired) electrons. The molecule has 114 valence electrons. The van der Waals surface area contributed by atoms with Gasteiger partial charge < -0.3 is 10.4 Å². The molecule has 5 heteroatoms. The Balaban J connectivity index is 1.81. The van der Waals surface area contributed by atoms with Crippen LogP contribution in [-0.4, -0.2) is 22.2 Å². The third kappa shape index (κ3) is 4.01. The maximum atomic E-state index is 9.80. The van der Waals surface area contributed by atoms with E-state index >= 15 is 0 Å². The van der Waals surface area contributed by atoms with Gasteiger partial charge in [0.05, 0.1) is 17.4 Å². The number of aliphatic hydroxyl groups excluding tert-OH is 1. The van der Waals surface area contributed by atoms with Gasteiger partial charge in [0.2, 0.25) is 0 Å². The zero-order chi connectivity index (χ0) is 15.4. The average molecular weight is 333 g/mol. The summed E-state index contributed by atoms with van der Waals surface area (Å²) in [6.07, 6.45) is 5.21. The van der Waals surface area contributed by atoms with Crippen molar-refractivity contribution in [2.45, 2.75) is 37.8 Å². The highest BCUT2D eigenvalue weighted by molar-refractivity contribution is 7.08. The Hall–Kier alpha value is -1.54. The van der Waals surface area contributed by atoms with Crippen molar-refractivity contribution in [3.8, 4) is 11.8 Å². The Kier molecular flexibility index (Phi) is 4.99. The molecule has 0 unspecified atom stereocenters. The molecule has 1 saturated carbocycles. The molecule has 2 N–H and O–H groups in total. The van der Waals surface area contributed by atoms with Crippen molar-refractivity contribution in [3.63, 3.8) is 0 Å². The lowest BCUT2D eigenvalue weighted by atomic mass is 9.93. The summed E-state index contributed by atoms with van der Waals surface area (Å²) in [4.78, 5) is 4.12. The minimum Gasteiger partial charge on any atom is -0.393 e. The zero-order valence-electron chi connectivity index (χ0n) is 12.1. The number of rotatable bonds is 2. The highest BCUT2D eigenvalue weighted by Crippen LogP contribution is 2.25. The van der Waals surface area contributed by atoms with Crippen molar-refractivity contribution in [2.75, 3.05) is 5.32 Å². The largest absolute Gasteiger partial charge is 0.393 e. The fourth-order valence-corrected chi connectivity index (χ4v) is 3.38. The average Bonchev–Trinajstić information content (AvgIpc) is 3.00. The summed E-state index contributed by atoms with van der Waals surface area (Å²) in [5.41, 5.74) is 2.72. The van der Waals surface area contributed by atoms with Crippen LogP contribution < -0.4 is 5.32 Å². The van der Waals surface area contributed by atoms with Gasteiger partial charge in [0.1, 0.15) is 5.15 Å². The molecule has 0 bridgehead atoms. The molecule has 1 aliphatic rings. The van der Waals surface area contributed by atoms with Crippen LogP contribution >= 0.6 is 22.9 Å². The molecule has 3 rings (SSSR count). The first kappa shape index (κ1) is 15.4. The molecule has 1 aliphatic carbocycles. The molecule has 0 aromatic carbocycles.